The van der Waals surface area contributed by atoms with E-state index in [1.54, 1.807) is 24.5 Å². The van der Waals surface area contributed by atoms with Gasteiger partial charge in [0.1, 0.15) is 16.9 Å². The smallest absolute Gasteiger partial charge is 0.327 e. The van der Waals surface area contributed by atoms with Crippen LogP contribution >= 0.6 is 11.7 Å². The molecule has 7 nitrogen and oxygen atoms in total. The van der Waals surface area contributed by atoms with E-state index in [9.17, 15) is 21.6 Å². The van der Waals surface area contributed by atoms with E-state index in [1.165, 1.54) is 18.2 Å². The molecule has 1 atom stereocenters. The number of halogens is 3. The molecular formula is C18H16F3N5O2S2. The average molecular weight is 455 g/mol. The molecule has 0 saturated carbocycles. The first-order valence-electron chi connectivity index (χ1n) is 8.92. The molecule has 2 aromatic heterocycles. The van der Waals surface area contributed by atoms with Crippen molar-refractivity contribution in [3.8, 4) is 0 Å². The molecule has 0 radical (unpaired) electrons. The lowest BCUT2D eigenvalue weighted by Crippen LogP contribution is -2.28. The monoisotopic (exact) mass is 455 g/mol. The van der Waals surface area contributed by atoms with Gasteiger partial charge in [0.25, 0.3) is 0 Å². The van der Waals surface area contributed by atoms with Crippen LogP contribution in [0.5, 0.6) is 0 Å². The van der Waals surface area contributed by atoms with Crippen LogP contribution in [-0.4, -0.2) is 26.7 Å². The second-order valence-electron chi connectivity index (χ2n) is 6.67. The number of sulfonamides is 1. The third-order valence-electron chi connectivity index (χ3n) is 4.68. The molecule has 1 N–H and O–H groups in total. The van der Waals surface area contributed by atoms with Crippen molar-refractivity contribution in [1.82, 2.24) is 23.0 Å². The fourth-order valence-electron chi connectivity index (χ4n) is 3.26. The van der Waals surface area contributed by atoms with Crippen LogP contribution in [0.15, 0.2) is 41.3 Å². The van der Waals surface area contributed by atoms with Gasteiger partial charge in [-0.2, -0.15) is 21.9 Å². The third-order valence-corrected chi connectivity index (χ3v) is 6.77. The van der Waals surface area contributed by atoms with Crippen molar-refractivity contribution in [2.24, 2.45) is 0 Å². The van der Waals surface area contributed by atoms with Crippen LogP contribution < -0.4 is 4.72 Å². The molecular weight excluding hydrogens is 439 g/mol. The summed E-state index contributed by atoms with van der Waals surface area (Å²) in [4.78, 5) is 4.40. The van der Waals surface area contributed by atoms with E-state index in [-0.39, 0.29) is 4.90 Å². The van der Waals surface area contributed by atoms with Crippen molar-refractivity contribution in [2.75, 3.05) is 0 Å². The summed E-state index contributed by atoms with van der Waals surface area (Å²) in [6, 6.07) is 6.92. The van der Waals surface area contributed by atoms with E-state index >= 15 is 0 Å². The van der Waals surface area contributed by atoms with E-state index in [0.29, 0.717) is 34.4 Å². The number of hydrogen-bond acceptors (Lipinski definition) is 6. The molecule has 0 bridgehead atoms. The fourth-order valence-corrected chi connectivity index (χ4v) is 5.00. The number of aromatic nitrogens is 4. The van der Waals surface area contributed by atoms with Crippen LogP contribution in [0.1, 0.15) is 31.3 Å². The van der Waals surface area contributed by atoms with Crippen LogP contribution in [-0.2, 0) is 22.7 Å². The number of nitrogens with zero attached hydrogens (tertiary/aromatic N) is 4. The molecule has 2 heterocycles. The Bertz CT molecular complexity index is 1350. The largest absolute Gasteiger partial charge is 0.416 e. The normalized spacial score (nSPS) is 13.9. The molecule has 158 valence electrons. The molecule has 0 fully saturated rings. The number of fused-ring (bicyclic) bond motifs is 2. The maximum atomic E-state index is 13.1. The van der Waals surface area contributed by atoms with Crippen LogP contribution in [0.4, 0.5) is 13.2 Å². The van der Waals surface area contributed by atoms with Gasteiger partial charge in [-0.25, -0.2) is 18.1 Å². The SMILES string of the molecule is CCn1c([C@@H](C)NS(=O)(=O)c2ccc3nsnc3c2)nc2ccc(C(F)(F)F)cc21. The summed E-state index contributed by atoms with van der Waals surface area (Å²) >= 11 is 0.984. The summed E-state index contributed by atoms with van der Waals surface area (Å²) in [5.41, 5.74) is 0.940. The van der Waals surface area contributed by atoms with Crippen molar-refractivity contribution in [3.05, 3.63) is 47.8 Å². The topological polar surface area (TPSA) is 89.8 Å². The van der Waals surface area contributed by atoms with E-state index in [1.807, 2.05) is 0 Å². The number of hydrogen-bond donors (Lipinski definition) is 1. The lowest BCUT2D eigenvalue weighted by atomic mass is 10.2. The highest BCUT2D eigenvalue weighted by Gasteiger charge is 2.31. The van der Waals surface area contributed by atoms with Gasteiger partial charge in [0.2, 0.25) is 10.0 Å². The first kappa shape index (κ1) is 20.7. The minimum absolute atomic E-state index is 0.0214. The number of alkyl halides is 3. The number of benzene rings is 2. The molecule has 4 rings (SSSR count). The Morgan fingerprint density at radius 3 is 2.50 bits per heavy atom. The van der Waals surface area contributed by atoms with Gasteiger partial charge in [-0.15, -0.1) is 0 Å². The van der Waals surface area contributed by atoms with Crippen molar-refractivity contribution in [1.29, 1.82) is 0 Å². The van der Waals surface area contributed by atoms with E-state index in [0.717, 1.165) is 23.9 Å². The Balaban J connectivity index is 1.70. The van der Waals surface area contributed by atoms with Crippen LogP contribution in [0, 0.1) is 0 Å². The van der Waals surface area contributed by atoms with Gasteiger partial charge in [0, 0.05) is 6.54 Å². The van der Waals surface area contributed by atoms with Gasteiger partial charge in [0.15, 0.2) is 0 Å². The molecule has 0 aliphatic heterocycles. The standard InChI is InChI=1S/C18H16F3N5O2S2/c1-3-26-16-8-11(18(19,20)21)4-6-14(16)22-17(26)10(2)25-30(27,28)12-5-7-13-15(9-12)24-29-23-13/h4-10,25H,3H2,1-2H3/t10-/m1/s1. The van der Waals surface area contributed by atoms with Gasteiger partial charge >= 0.3 is 6.18 Å². The first-order valence-corrected chi connectivity index (χ1v) is 11.1. The minimum Gasteiger partial charge on any atom is -0.327 e. The van der Waals surface area contributed by atoms with Gasteiger partial charge in [-0.1, -0.05) is 0 Å². The predicted octanol–water partition coefficient (Wildman–Crippen LogP) is 4.12. The zero-order valence-electron chi connectivity index (χ0n) is 15.8. The molecule has 0 unspecified atom stereocenters. The molecule has 12 heteroatoms. The predicted molar refractivity (Wildman–Crippen MR) is 107 cm³/mol. The zero-order valence-corrected chi connectivity index (χ0v) is 17.4. The molecule has 0 saturated heterocycles. The van der Waals surface area contributed by atoms with Crippen molar-refractivity contribution in [3.63, 3.8) is 0 Å². The second kappa shape index (κ2) is 7.29. The Labute approximate surface area is 173 Å². The number of nitrogens with one attached hydrogen (secondary N) is 1. The highest BCUT2D eigenvalue weighted by Crippen LogP contribution is 2.32. The molecule has 4 aromatic rings. The van der Waals surface area contributed by atoms with Crippen molar-refractivity contribution in [2.45, 2.75) is 37.5 Å². The molecule has 30 heavy (non-hydrogen) atoms. The maximum Gasteiger partial charge on any atom is 0.416 e. The highest BCUT2D eigenvalue weighted by molar-refractivity contribution is 7.89. The van der Waals surface area contributed by atoms with Gasteiger partial charge in [0.05, 0.1) is 39.3 Å². The molecule has 2 aromatic carbocycles. The lowest BCUT2D eigenvalue weighted by molar-refractivity contribution is -0.137. The summed E-state index contributed by atoms with van der Waals surface area (Å²) in [7, 11) is -3.92. The maximum absolute atomic E-state index is 13.1. The summed E-state index contributed by atoms with van der Waals surface area (Å²) < 4.78 is 77.1. The second-order valence-corrected chi connectivity index (χ2v) is 8.92. The highest BCUT2D eigenvalue weighted by atomic mass is 32.2. The fraction of sp³-hybridized carbons (Fsp3) is 0.278. The molecule has 0 aliphatic rings. The third kappa shape index (κ3) is 3.66. The Morgan fingerprint density at radius 2 is 1.80 bits per heavy atom. The summed E-state index contributed by atoms with van der Waals surface area (Å²) in [5.74, 6) is 0.326. The first-order chi connectivity index (χ1) is 14.1. The van der Waals surface area contributed by atoms with E-state index in [4.69, 9.17) is 0 Å². The minimum atomic E-state index is -4.48. The number of imidazole rings is 1. The van der Waals surface area contributed by atoms with Gasteiger partial charge in [-0.3, -0.25) is 0 Å². The van der Waals surface area contributed by atoms with Crippen LogP contribution in [0.2, 0.25) is 0 Å². The summed E-state index contributed by atoms with van der Waals surface area (Å²) in [6.45, 7) is 3.68. The average Bonchev–Trinajstić information content (AvgIpc) is 3.29. The lowest BCUT2D eigenvalue weighted by Gasteiger charge is -2.16. The van der Waals surface area contributed by atoms with Crippen molar-refractivity contribution >= 4 is 43.8 Å². The summed E-state index contributed by atoms with van der Waals surface area (Å²) in [6.07, 6.45) is -4.48. The summed E-state index contributed by atoms with van der Waals surface area (Å²) in [5, 5.41) is 0. The van der Waals surface area contributed by atoms with Crippen molar-refractivity contribution < 1.29 is 21.6 Å². The van der Waals surface area contributed by atoms with Crippen LogP contribution in [0.3, 0.4) is 0 Å². The Kier molecular flexibility index (Phi) is 5.03. The molecule has 0 aliphatic carbocycles. The van der Waals surface area contributed by atoms with Gasteiger partial charge in [-0.05, 0) is 50.2 Å². The molecule has 0 spiro atoms. The zero-order chi connectivity index (χ0) is 21.7. The van der Waals surface area contributed by atoms with Gasteiger partial charge < -0.3 is 4.57 Å². The van der Waals surface area contributed by atoms with E-state index < -0.39 is 27.8 Å². The Hall–Kier alpha value is -2.57. The number of aryl methyl sites for hydroxylation is 1. The van der Waals surface area contributed by atoms with Crippen LogP contribution in [0.25, 0.3) is 22.1 Å². The quantitative estimate of drug-likeness (QED) is 0.489. The molecule has 0 amide bonds. The van der Waals surface area contributed by atoms with E-state index in [2.05, 4.69) is 18.5 Å². The Morgan fingerprint density at radius 1 is 1.10 bits per heavy atom. The number of rotatable bonds is 5.